The fraction of sp³-hybridized carbons (Fsp3) is 0.800. The summed E-state index contributed by atoms with van der Waals surface area (Å²) in [5.74, 6) is 0.0540. The molecule has 3 fully saturated rings. The van der Waals surface area contributed by atoms with E-state index in [0.29, 0.717) is 58.8 Å². The van der Waals surface area contributed by atoms with E-state index in [2.05, 4.69) is 10.00 Å². The van der Waals surface area contributed by atoms with Crippen molar-refractivity contribution < 1.29 is 22.7 Å². The fourth-order valence-electron chi connectivity index (χ4n) is 5.27. The van der Waals surface area contributed by atoms with E-state index in [1.807, 2.05) is 24.3 Å². The summed E-state index contributed by atoms with van der Waals surface area (Å²) in [5.41, 5.74) is 0.339. The quantitative estimate of drug-likeness (QED) is 0.572. The van der Waals surface area contributed by atoms with E-state index in [1.54, 1.807) is 16.1 Å². The molecule has 4 heterocycles. The first kappa shape index (κ1) is 22.7. The molecule has 0 saturated carbocycles. The molecule has 0 bridgehead atoms. The van der Waals surface area contributed by atoms with Crippen LogP contribution in [0, 0.1) is 5.41 Å². The van der Waals surface area contributed by atoms with Gasteiger partial charge in [-0.15, -0.1) is 0 Å². The predicted octanol–water partition coefficient (Wildman–Crippen LogP) is -0.478. The van der Waals surface area contributed by atoms with E-state index in [-0.39, 0.29) is 24.2 Å². The SMILES string of the molecule is COCCN1[C@@H]2CCN(Cc3cnn(C)c3)C[C@@]2(C(=O)N2CCOCC2)CCS1(=O)=O. The fourth-order valence-corrected chi connectivity index (χ4v) is 7.18. The monoisotopic (exact) mass is 455 g/mol. The van der Waals surface area contributed by atoms with Crippen LogP contribution < -0.4 is 0 Å². The lowest BCUT2D eigenvalue weighted by Gasteiger charge is -2.54. The number of nitrogens with zero attached hydrogens (tertiary/aromatic N) is 5. The average molecular weight is 456 g/mol. The molecule has 3 aliphatic heterocycles. The molecule has 2 atom stereocenters. The van der Waals surface area contributed by atoms with Crippen molar-refractivity contribution in [2.24, 2.45) is 12.5 Å². The summed E-state index contributed by atoms with van der Waals surface area (Å²) in [7, 11) is 0.0409. The second-order valence-corrected chi connectivity index (χ2v) is 10.8. The van der Waals surface area contributed by atoms with Crippen molar-refractivity contribution in [3.63, 3.8) is 0 Å². The Kier molecular flexibility index (Phi) is 6.68. The molecule has 3 aliphatic rings. The first-order valence-corrected chi connectivity index (χ1v) is 12.5. The minimum Gasteiger partial charge on any atom is -0.383 e. The highest BCUT2D eigenvalue weighted by Gasteiger charge is 2.58. The Labute approximate surface area is 184 Å². The van der Waals surface area contributed by atoms with E-state index >= 15 is 0 Å². The molecule has 4 rings (SSSR count). The van der Waals surface area contributed by atoms with Crippen LogP contribution in [0.4, 0.5) is 0 Å². The van der Waals surface area contributed by atoms with Gasteiger partial charge in [-0.1, -0.05) is 0 Å². The van der Waals surface area contributed by atoms with Crippen LogP contribution >= 0.6 is 0 Å². The molecule has 10 nitrogen and oxygen atoms in total. The van der Waals surface area contributed by atoms with Gasteiger partial charge in [0, 0.05) is 71.2 Å². The van der Waals surface area contributed by atoms with Gasteiger partial charge in [-0.05, 0) is 12.8 Å². The third kappa shape index (κ3) is 4.51. The third-order valence-corrected chi connectivity index (χ3v) is 8.65. The molecule has 0 N–H and O–H groups in total. The maximum Gasteiger partial charge on any atom is 0.231 e. The highest BCUT2D eigenvalue weighted by atomic mass is 32.2. The van der Waals surface area contributed by atoms with E-state index < -0.39 is 15.4 Å². The van der Waals surface area contributed by atoms with Gasteiger partial charge in [0.25, 0.3) is 0 Å². The van der Waals surface area contributed by atoms with Crippen LogP contribution in [0.1, 0.15) is 18.4 Å². The molecule has 0 aromatic carbocycles. The number of aryl methyl sites for hydroxylation is 1. The van der Waals surface area contributed by atoms with Crippen LogP contribution in [0.25, 0.3) is 0 Å². The Balaban J connectivity index is 1.64. The van der Waals surface area contributed by atoms with Crippen LogP contribution in [0.15, 0.2) is 12.4 Å². The Hall–Kier alpha value is -1.53. The molecular weight excluding hydrogens is 422 g/mol. The lowest BCUT2D eigenvalue weighted by atomic mass is 9.71. The van der Waals surface area contributed by atoms with E-state index in [4.69, 9.17) is 9.47 Å². The van der Waals surface area contributed by atoms with Gasteiger partial charge >= 0.3 is 0 Å². The number of methoxy groups -OCH3 is 1. The standard InChI is InChI=1S/C20H33N5O5S/c1-22-14-17(13-21-22)15-23-5-3-18-20(16-23,19(26)24-6-10-30-11-7-24)4-12-31(27,28)25(18)8-9-29-2/h13-14,18H,3-12,15-16H2,1-2H3/t18-,20+/m1/s1. The molecule has 1 aromatic heterocycles. The minimum absolute atomic E-state index is 0.00989. The van der Waals surface area contributed by atoms with Crippen molar-refractivity contribution in [1.29, 1.82) is 0 Å². The molecule has 0 unspecified atom stereocenters. The number of rotatable bonds is 6. The third-order valence-electron chi connectivity index (χ3n) is 6.78. The largest absolute Gasteiger partial charge is 0.383 e. The van der Waals surface area contributed by atoms with Gasteiger partial charge in [-0.3, -0.25) is 14.4 Å². The minimum atomic E-state index is -3.42. The van der Waals surface area contributed by atoms with Crippen molar-refractivity contribution >= 4 is 15.9 Å². The van der Waals surface area contributed by atoms with Crippen LogP contribution in [0.2, 0.25) is 0 Å². The molecular formula is C20H33N5O5S. The second kappa shape index (κ2) is 9.14. The number of hydrogen-bond acceptors (Lipinski definition) is 7. The van der Waals surface area contributed by atoms with Crippen molar-refractivity contribution in [1.82, 2.24) is 23.9 Å². The molecule has 174 valence electrons. The number of amides is 1. The number of likely N-dealkylation sites (tertiary alicyclic amines) is 1. The van der Waals surface area contributed by atoms with Crippen LogP contribution in [-0.2, 0) is 37.9 Å². The summed E-state index contributed by atoms with van der Waals surface area (Å²) in [5, 5.41) is 4.25. The zero-order valence-electron chi connectivity index (χ0n) is 18.4. The maximum absolute atomic E-state index is 13.9. The first-order valence-electron chi connectivity index (χ1n) is 10.9. The molecule has 0 aliphatic carbocycles. The van der Waals surface area contributed by atoms with Crippen molar-refractivity contribution in [2.45, 2.75) is 25.4 Å². The summed E-state index contributed by atoms with van der Waals surface area (Å²) in [4.78, 5) is 18.1. The van der Waals surface area contributed by atoms with Crippen molar-refractivity contribution in [3.05, 3.63) is 18.0 Å². The topological polar surface area (TPSA) is 97.2 Å². The van der Waals surface area contributed by atoms with Crippen LogP contribution in [0.3, 0.4) is 0 Å². The number of piperidine rings is 1. The van der Waals surface area contributed by atoms with Gasteiger partial charge in [0.15, 0.2) is 0 Å². The normalized spacial score (nSPS) is 29.6. The molecule has 11 heteroatoms. The zero-order chi connectivity index (χ0) is 22.1. The summed E-state index contributed by atoms with van der Waals surface area (Å²) in [6.45, 7) is 4.74. The molecule has 0 spiro atoms. The number of sulfonamides is 1. The summed E-state index contributed by atoms with van der Waals surface area (Å²) in [6, 6.07) is -0.345. The number of morpholine rings is 1. The lowest BCUT2D eigenvalue weighted by molar-refractivity contribution is -0.155. The van der Waals surface area contributed by atoms with Gasteiger partial charge < -0.3 is 14.4 Å². The highest BCUT2D eigenvalue weighted by molar-refractivity contribution is 7.89. The Morgan fingerprint density at radius 1 is 1.32 bits per heavy atom. The van der Waals surface area contributed by atoms with Crippen LogP contribution in [0.5, 0.6) is 0 Å². The zero-order valence-corrected chi connectivity index (χ0v) is 19.2. The number of hydrogen-bond donors (Lipinski definition) is 0. The highest BCUT2D eigenvalue weighted by Crippen LogP contribution is 2.44. The molecule has 31 heavy (non-hydrogen) atoms. The van der Waals surface area contributed by atoms with Gasteiger partial charge in [0.05, 0.1) is 37.2 Å². The first-order chi connectivity index (χ1) is 14.9. The van der Waals surface area contributed by atoms with Gasteiger partial charge in [-0.25, -0.2) is 8.42 Å². The molecule has 1 amide bonds. The van der Waals surface area contributed by atoms with E-state index in [9.17, 15) is 13.2 Å². The second-order valence-electron chi connectivity index (χ2n) is 8.77. The van der Waals surface area contributed by atoms with Crippen LogP contribution in [-0.4, -0.2) is 110 Å². The number of carbonyl (C=O) groups is 1. The maximum atomic E-state index is 13.9. The van der Waals surface area contributed by atoms with E-state index in [0.717, 1.165) is 12.1 Å². The van der Waals surface area contributed by atoms with Crippen molar-refractivity contribution in [3.8, 4) is 0 Å². The Bertz CT molecular complexity index is 884. The predicted molar refractivity (Wildman–Crippen MR) is 114 cm³/mol. The molecule has 0 radical (unpaired) electrons. The number of carbonyl (C=O) groups excluding carboxylic acids is 1. The van der Waals surface area contributed by atoms with Crippen molar-refractivity contribution in [2.75, 3.05) is 65.4 Å². The molecule has 1 aromatic rings. The van der Waals surface area contributed by atoms with E-state index in [1.165, 1.54) is 0 Å². The smallest absolute Gasteiger partial charge is 0.231 e. The number of aromatic nitrogens is 2. The van der Waals surface area contributed by atoms with Gasteiger partial charge in [0.1, 0.15) is 0 Å². The molecule has 3 saturated heterocycles. The Morgan fingerprint density at radius 2 is 2.10 bits per heavy atom. The summed E-state index contributed by atoms with van der Waals surface area (Å²) >= 11 is 0. The summed E-state index contributed by atoms with van der Waals surface area (Å²) < 4.78 is 39.9. The summed E-state index contributed by atoms with van der Waals surface area (Å²) in [6.07, 6.45) is 4.81. The number of fused-ring (bicyclic) bond motifs is 1. The lowest BCUT2D eigenvalue weighted by Crippen LogP contribution is -2.69. The van der Waals surface area contributed by atoms with Gasteiger partial charge in [-0.2, -0.15) is 9.40 Å². The van der Waals surface area contributed by atoms with Gasteiger partial charge in [0.2, 0.25) is 15.9 Å². The Morgan fingerprint density at radius 3 is 2.77 bits per heavy atom. The average Bonchev–Trinajstić information content (AvgIpc) is 3.17. The number of ether oxygens (including phenoxy) is 2.